The molecule has 0 bridgehead atoms. The summed E-state index contributed by atoms with van der Waals surface area (Å²) in [6.07, 6.45) is 2.59. The fourth-order valence-corrected chi connectivity index (χ4v) is 2.94. The summed E-state index contributed by atoms with van der Waals surface area (Å²) in [6, 6.07) is 2.43. The first-order chi connectivity index (χ1) is 11.8. The Morgan fingerprint density at radius 1 is 1.20 bits per heavy atom. The zero-order valence-electron chi connectivity index (χ0n) is 15.1. The summed E-state index contributed by atoms with van der Waals surface area (Å²) in [5.41, 5.74) is 2.03. The summed E-state index contributed by atoms with van der Waals surface area (Å²) in [6.45, 7) is 7.75. The molecule has 0 saturated carbocycles. The highest BCUT2D eigenvalue weighted by Crippen LogP contribution is 2.26. The van der Waals surface area contributed by atoms with Crippen LogP contribution in [0.5, 0.6) is 5.75 Å². The van der Waals surface area contributed by atoms with E-state index >= 15 is 0 Å². The summed E-state index contributed by atoms with van der Waals surface area (Å²) in [4.78, 5) is 11.2. The second-order valence-electron chi connectivity index (χ2n) is 7.45. The van der Waals surface area contributed by atoms with Crippen LogP contribution in [0.3, 0.4) is 0 Å². The minimum Gasteiger partial charge on any atom is -0.497 e. The summed E-state index contributed by atoms with van der Waals surface area (Å²) < 4.78 is 33.2. The largest absolute Gasteiger partial charge is 0.497 e. The maximum absolute atomic E-state index is 14.2. The minimum absolute atomic E-state index is 0.0662. The van der Waals surface area contributed by atoms with Gasteiger partial charge in [0.05, 0.1) is 7.11 Å². The van der Waals surface area contributed by atoms with Crippen molar-refractivity contribution < 1.29 is 13.5 Å². The van der Waals surface area contributed by atoms with Crippen LogP contribution in [0.4, 0.5) is 8.78 Å². The molecule has 4 nitrogen and oxygen atoms in total. The standard InChI is InChI=1S/C19H23F2N3O/c1-19(2,3)18-22-9-12-10-24(6-5-17(12)23-18)11-14-15(20)7-13(25-4)8-16(14)21/h7-9H,5-6,10-11H2,1-4H3. The number of methoxy groups -OCH3 is 1. The van der Waals surface area contributed by atoms with E-state index in [9.17, 15) is 8.78 Å². The molecular weight excluding hydrogens is 324 g/mol. The predicted octanol–water partition coefficient (Wildman–Crippen LogP) is 3.62. The maximum Gasteiger partial charge on any atom is 0.134 e. The molecule has 1 aliphatic rings. The molecule has 0 atom stereocenters. The smallest absolute Gasteiger partial charge is 0.134 e. The second-order valence-corrected chi connectivity index (χ2v) is 7.45. The Hall–Kier alpha value is -2.08. The SMILES string of the molecule is COc1cc(F)c(CN2CCc3nc(C(C)(C)C)ncc3C2)c(F)c1. The van der Waals surface area contributed by atoms with Crippen LogP contribution in [0.25, 0.3) is 0 Å². The van der Waals surface area contributed by atoms with Gasteiger partial charge in [-0.1, -0.05) is 20.8 Å². The van der Waals surface area contributed by atoms with Gasteiger partial charge in [-0.3, -0.25) is 4.90 Å². The molecule has 25 heavy (non-hydrogen) atoms. The third-order valence-electron chi connectivity index (χ3n) is 4.42. The third-order valence-corrected chi connectivity index (χ3v) is 4.42. The monoisotopic (exact) mass is 347 g/mol. The van der Waals surface area contributed by atoms with Gasteiger partial charge in [0.25, 0.3) is 0 Å². The van der Waals surface area contributed by atoms with Gasteiger partial charge >= 0.3 is 0 Å². The summed E-state index contributed by atoms with van der Waals surface area (Å²) in [5, 5.41) is 0. The van der Waals surface area contributed by atoms with Crippen LogP contribution in [-0.2, 0) is 24.9 Å². The van der Waals surface area contributed by atoms with Gasteiger partial charge in [-0.05, 0) is 0 Å². The Kier molecular flexibility index (Phi) is 4.73. The summed E-state index contributed by atoms with van der Waals surface area (Å²) in [7, 11) is 1.39. The lowest BCUT2D eigenvalue weighted by Crippen LogP contribution is -2.32. The topological polar surface area (TPSA) is 38.2 Å². The highest BCUT2D eigenvalue weighted by atomic mass is 19.1. The molecule has 0 N–H and O–H groups in total. The third kappa shape index (κ3) is 3.79. The van der Waals surface area contributed by atoms with Gasteiger partial charge in [0.2, 0.25) is 0 Å². The number of nitrogens with zero attached hydrogens (tertiary/aromatic N) is 3. The Balaban J connectivity index is 1.78. The van der Waals surface area contributed by atoms with E-state index in [1.807, 2.05) is 11.1 Å². The number of hydrogen-bond acceptors (Lipinski definition) is 4. The zero-order valence-corrected chi connectivity index (χ0v) is 15.1. The van der Waals surface area contributed by atoms with Crippen molar-refractivity contribution in [2.45, 2.75) is 45.7 Å². The molecule has 0 unspecified atom stereocenters. The van der Waals surface area contributed by atoms with Crippen LogP contribution < -0.4 is 4.74 Å². The number of fused-ring (bicyclic) bond motifs is 1. The molecule has 0 amide bonds. The van der Waals surface area contributed by atoms with Gasteiger partial charge in [-0.25, -0.2) is 18.7 Å². The molecule has 6 heteroatoms. The molecule has 0 spiro atoms. The molecule has 134 valence electrons. The molecule has 0 aliphatic carbocycles. The normalized spacial score (nSPS) is 15.1. The lowest BCUT2D eigenvalue weighted by molar-refractivity contribution is 0.235. The van der Waals surface area contributed by atoms with Crippen LogP contribution in [-0.4, -0.2) is 28.5 Å². The molecular formula is C19H23F2N3O. The summed E-state index contributed by atoms with van der Waals surface area (Å²) >= 11 is 0. The van der Waals surface area contributed by atoms with Gasteiger partial charge in [0.15, 0.2) is 0 Å². The number of ether oxygens (including phenoxy) is 1. The first-order valence-electron chi connectivity index (χ1n) is 8.37. The Bertz CT molecular complexity index is 764. The molecule has 0 saturated heterocycles. The fraction of sp³-hybridized carbons (Fsp3) is 0.474. The molecule has 0 radical (unpaired) electrons. The van der Waals surface area contributed by atoms with E-state index in [-0.39, 0.29) is 23.3 Å². The van der Waals surface area contributed by atoms with Crippen molar-refractivity contribution in [3.63, 3.8) is 0 Å². The quantitative estimate of drug-likeness (QED) is 0.850. The van der Waals surface area contributed by atoms with Crippen molar-refractivity contribution in [1.82, 2.24) is 14.9 Å². The number of rotatable bonds is 3. The van der Waals surface area contributed by atoms with Crippen LogP contribution in [0, 0.1) is 11.6 Å². The van der Waals surface area contributed by atoms with Crippen molar-refractivity contribution in [3.05, 3.63) is 52.6 Å². The Labute approximate surface area is 146 Å². The lowest BCUT2D eigenvalue weighted by Gasteiger charge is -2.29. The predicted molar refractivity (Wildman–Crippen MR) is 91.5 cm³/mol. The van der Waals surface area contributed by atoms with Crippen LogP contribution in [0.2, 0.25) is 0 Å². The molecule has 2 heterocycles. The van der Waals surface area contributed by atoms with Crippen molar-refractivity contribution in [3.8, 4) is 5.75 Å². The number of halogens is 2. The average molecular weight is 347 g/mol. The molecule has 1 aromatic carbocycles. The summed E-state index contributed by atoms with van der Waals surface area (Å²) in [5.74, 6) is -0.151. The lowest BCUT2D eigenvalue weighted by atomic mass is 9.95. The van der Waals surface area contributed by atoms with Crippen LogP contribution in [0.1, 0.15) is 43.4 Å². The number of hydrogen-bond donors (Lipinski definition) is 0. The van der Waals surface area contributed by atoms with Crippen molar-refractivity contribution >= 4 is 0 Å². The van der Waals surface area contributed by atoms with Gasteiger partial charge in [0.1, 0.15) is 23.2 Å². The van der Waals surface area contributed by atoms with Gasteiger partial charge in [0, 0.05) is 66.6 Å². The van der Waals surface area contributed by atoms with E-state index < -0.39 is 11.6 Å². The second kappa shape index (κ2) is 6.67. The van der Waals surface area contributed by atoms with E-state index in [0.29, 0.717) is 13.1 Å². The fourth-order valence-electron chi connectivity index (χ4n) is 2.94. The van der Waals surface area contributed by atoms with E-state index in [0.717, 1.165) is 23.5 Å². The average Bonchev–Trinajstić information content (AvgIpc) is 2.56. The zero-order chi connectivity index (χ0) is 18.2. The van der Waals surface area contributed by atoms with E-state index in [1.54, 1.807) is 0 Å². The van der Waals surface area contributed by atoms with Gasteiger partial charge in [-0.2, -0.15) is 0 Å². The van der Waals surface area contributed by atoms with Gasteiger partial charge < -0.3 is 4.74 Å². The van der Waals surface area contributed by atoms with E-state index in [2.05, 4.69) is 30.7 Å². The molecule has 2 aromatic rings. The van der Waals surface area contributed by atoms with Crippen LogP contribution in [0.15, 0.2) is 18.3 Å². The van der Waals surface area contributed by atoms with E-state index in [4.69, 9.17) is 4.74 Å². The maximum atomic E-state index is 14.2. The molecule has 3 rings (SSSR count). The molecule has 1 aliphatic heterocycles. The highest BCUT2D eigenvalue weighted by Gasteiger charge is 2.24. The van der Waals surface area contributed by atoms with Crippen molar-refractivity contribution in [1.29, 1.82) is 0 Å². The van der Waals surface area contributed by atoms with Gasteiger partial charge in [-0.15, -0.1) is 0 Å². The minimum atomic E-state index is -0.582. The van der Waals surface area contributed by atoms with E-state index in [1.165, 1.54) is 19.2 Å². The Morgan fingerprint density at radius 2 is 1.88 bits per heavy atom. The van der Waals surface area contributed by atoms with Crippen molar-refractivity contribution in [2.75, 3.05) is 13.7 Å². The molecule has 1 aromatic heterocycles. The first-order valence-corrected chi connectivity index (χ1v) is 8.37. The number of aromatic nitrogens is 2. The number of benzene rings is 1. The molecule has 0 fully saturated rings. The van der Waals surface area contributed by atoms with Crippen molar-refractivity contribution in [2.24, 2.45) is 0 Å². The highest BCUT2D eigenvalue weighted by molar-refractivity contribution is 5.31. The first kappa shape index (κ1) is 17.7. The van der Waals surface area contributed by atoms with Crippen LogP contribution >= 0.6 is 0 Å². The Morgan fingerprint density at radius 3 is 2.48 bits per heavy atom.